The Labute approximate surface area is 281 Å². The summed E-state index contributed by atoms with van der Waals surface area (Å²) in [6.07, 6.45) is 7.13. The Hall–Kier alpha value is -4.66. The summed E-state index contributed by atoms with van der Waals surface area (Å²) >= 11 is 0. The number of rotatable bonds is 3. The summed E-state index contributed by atoms with van der Waals surface area (Å²) in [5, 5.41) is 6.52. The summed E-state index contributed by atoms with van der Waals surface area (Å²) in [4.78, 5) is 50.8. The molecular weight excluding hydrogens is 602 g/mol. The Balaban J connectivity index is 1.09. The van der Waals surface area contributed by atoms with E-state index in [-0.39, 0.29) is 23.8 Å². The highest BCUT2D eigenvalue weighted by molar-refractivity contribution is 5.99. The highest BCUT2D eigenvalue weighted by Gasteiger charge is 2.62. The van der Waals surface area contributed by atoms with Gasteiger partial charge in [-0.05, 0) is 99.7 Å². The Morgan fingerprint density at radius 1 is 0.958 bits per heavy atom. The van der Waals surface area contributed by atoms with E-state index in [1.165, 1.54) is 11.1 Å². The van der Waals surface area contributed by atoms with Gasteiger partial charge in [-0.25, -0.2) is 9.78 Å². The van der Waals surface area contributed by atoms with Gasteiger partial charge < -0.3 is 20.3 Å². The summed E-state index contributed by atoms with van der Waals surface area (Å²) in [6.45, 7) is 10.1. The Morgan fingerprint density at radius 2 is 1.71 bits per heavy atom. The molecule has 2 atom stereocenters. The summed E-state index contributed by atoms with van der Waals surface area (Å²) in [6, 6.07) is 18.3. The molecule has 2 aromatic carbocycles. The lowest BCUT2D eigenvalue weighted by Crippen LogP contribution is -2.73. The molecule has 48 heavy (non-hydrogen) atoms. The highest BCUT2D eigenvalue weighted by atomic mass is 16.6. The fourth-order valence-corrected chi connectivity index (χ4v) is 9.21. The largest absolute Gasteiger partial charge is 0.444 e. The molecule has 8 rings (SSSR count). The second-order valence-electron chi connectivity index (χ2n) is 15.4. The van der Waals surface area contributed by atoms with E-state index in [4.69, 9.17) is 4.74 Å². The molecule has 1 saturated heterocycles. The van der Waals surface area contributed by atoms with Crippen LogP contribution in [0.25, 0.3) is 0 Å². The minimum Gasteiger partial charge on any atom is -0.444 e. The number of aryl methyl sites for hydroxylation is 1. The van der Waals surface area contributed by atoms with Crippen LogP contribution in [-0.2, 0) is 44.5 Å². The van der Waals surface area contributed by atoms with Crippen LogP contribution in [0.5, 0.6) is 0 Å². The van der Waals surface area contributed by atoms with E-state index in [0.29, 0.717) is 31.5 Å². The third kappa shape index (κ3) is 4.57. The fraction of sp³-hybridized carbons (Fsp3) is 0.436. The molecule has 3 aromatic rings. The number of carbonyl (C=O) groups is 3. The van der Waals surface area contributed by atoms with Crippen LogP contribution in [0.1, 0.15) is 80.7 Å². The number of nitrogens with zero attached hydrogens (tertiary/aromatic N) is 3. The van der Waals surface area contributed by atoms with E-state index < -0.39 is 22.8 Å². The number of amides is 3. The average molecular weight is 646 g/mol. The minimum atomic E-state index is -1.02. The second kappa shape index (κ2) is 10.7. The van der Waals surface area contributed by atoms with E-state index in [1.54, 1.807) is 16.0 Å². The quantitative estimate of drug-likeness (QED) is 0.350. The van der Waals surface area contributed by atoms with Crippen molar-refractivity contribution in [2.45, 2.75) is 94.2 Å². The molecule has 2 aliphatic heterocycles. The summed E-state index contributed by atoms with van der Waals surface area (Å²) in [7, 11) is 0. The zero-order valence-corrected chi connectivity index (χ0v) is 28.0. The molecule has 3 amide bonds. The summed E-state index contributed by atoms with van der Waals surface area (Å²) in [5.74, 6) is 0.460. The van der Waals surface area contributed by atoms with E-state index in [0.717, 1.165) is 60.3 Å². The van der Waals surface area contributed by atoms with E-state index in [9.17, 15) is 14.4 Å². The van der Waals surface area contributed by atoms with Crippen LogP contribution in [0.3, 0.4) is 0 Å². The summed E-state index contributed by atoms with van der Waals surface area (Å²) in [5.41, 5.74) is 4.56. The van der Waals surface area contributed by atoms with Gasteiger partial charge in [0.15, 0.2) is 0 Å². The molecule has 0 radical (unpaired) electrons. The molecule has 1 saturated carbocycles. The Bertz CT molecular complexity index is 1870. The van der Waals surface area contributed by atoms with Crippen molar-refractivity contribution < 1.29 is 19.1 Å². The molecule has 9 heteroatoms. The maximum absolute atomic E-state index is 14.9. The van der Waals surface area contributed by atoms with Crippen molar-refractivity contribution >= 4 is 29.4 Å². The first kappa shape index (κ1) is 30.7. The van der Waals surface area contributed by atoms with Gasteiger partial charge in [-0.3, -0.25) is 14.5 Å². The molecule has 9 nitrogen and oxygen atoms in total. The van der Waals surface area contributed by atoms with Gasteiger partial charge in [0, 0.05) is 28.6 Å². The molecule has 2 fully saturated rings. The molecule has 3 heterocycles. The SMILES string of the molecule is C=C1Nc2ncccc2C12Cc1ccc(NC(=O)CN3C(=O)C4(CCCC4)N(C(=O)OC(C)(C)C)CC34CCc3ccccc34)cc1C2. The van der Waals surface area contributed by atoms with Crippen molar-refractivity contribution in [2.24, 2.45) is 0 Å². The number of aromatic nitrogens is 1. The monoisotopic (exact) mass is 645 g/mol. The lowest BCUT2D eigenvalue weighted by Gasteiger charge is -2.56. The molecular formula is C39H43N5O4. The lowest BCUT2D eigenvalue weighted by molar-refractivity contribution is -0.166. The molecule has 0 bridgehead atoms. The van der Waals surface area contributed by atoms with Gasteiger partial charge in [-0.1, -0.05) is 55.8 Å². The summed E-state index contributed by atoms with van der Waals surface area (Å²) < 4.78 is 5.92. The molecule has 2 N–H and O–H groups in total. The molecule has 3 aliphatic carbocycles. The Morgan fingerprint density at radius 3 is 2.50 bits per heavy atom. The van der Waals surface area contributed by atoms with E-state index >= 15 is 0 Å². The van der Waals surface area contributed by atoms with Gasteiger partial charge in [0.25, 0.3) is 0 Å². The first-order valence-corrected chi connectivity index (χ1v) is 17.2. The number of nitrogens with one attached hydrogen (secondary N) is 2. The first-order valence-electron chi connectivity index (χ1n) is 17.2. The zero-order chi connectivity index (χ0) is 33.5. The predicted octanol–water partition coefficient (Wildman–Crippen LogP) is 6.23. The number of benzene rings is 2. The number of carbonyl (C=O) groups excluding carboxylic acids is 3. The molecule has 5 aliphatic rings. The number of anilines is 2. The minimum absolute atomic E-state index is 0.0993. The number of hydrogen-bond donors (Lipinski definition) is 2. The van der Waals surface area contributed by atoms with E-state index in [1.807, 2.05) is 45.0 Å². The number of fused-ring (bicyclic) bond motifs is 5. The Kier molecular flexibility index (Phi) is 6.82. The number of ether oxygens (including phenoxy) is 1. The maximum Gasteiger partial charge on any atom is 0.411 e. The van der Waals surface area contributed by atoms with Crippen LogP contribution < -0.4 is 10.6 Å². The lowest BCUT2D eigenvalue weighted by atomic mass is 9.78. The maximum atomic E-state index is 14.9. The number of allylic oxidation sites excluding steroid dienone is 1. The smallest absolute Gasteiger partial charge is 0.411 e. The average Bonchev–Trinajstić information content (AvgIpc) is 3.82. The van der Waals surface area contributed by atoms with Crippen LogP contribution >= 0.6 is 0 Å². The van der Waals surface area contributed by atoms with Crippen molar-refractivity contribution in [1.29, 1.82) is 0 Å². The van der Waals surface area contributed by atoms with Crippen LogP contribution in [0.2, 0.25) is 0 Å². The number of piperazine rings is 1. The predicted molar refractivity (Wildman–Crippen MR) is 183 cm³/mol. The van der Waals surface area contributed by atoms with Crippen LogP contribution in [0, 0.1) is 0 Å². The van der Waals surface area contributed by atoms with Crippen LogP contribution in [0.15, 0.2) is 73.1 Å². The third-order valence-electron chi connectivity index (χ3n) is 11.4. The van der Waals surface area contributed by atoms with E-state index in [2.05, 4.69) is 52.5 Å². The highest BCUT2D eigenvalue weighted by Crippen LogP contribution is 2.52. The van der Waals surface area contributed by atoms with Crippen molar-refractivity contribution in [3.05, 3.63) is 101 Å². The molecule has 2 unspecified atom stereocenters. The fourth-order valence-electron chi connectivity index (χ4n) is 9.21. The van der Waals surface area contributed by atoms with Gasteiger partial charge >= 0.3 is 6.09 Å². The third-order valence-corrected chi connectivity index (χ3v) is 11.4. The standard InChI is InChI=1S/C39H43N5O4/c1-25-37(31-12-9-19-40-33(31)41-25)21-27-13-14-29(20-28(27)22-37)42-32(45)23-43-34(46)38(16-7-8-17-38)44(35(47)48-36(2,3)4)24-39(43)18-15-26-10-5-6-11-30(26)39/h5-6,9-14,19-20H,1,7-8,15-18,21-24H2,2-4H3,(H,40,41)(H,42,45). The van der Waals surface area contributed by atoms with Crippen LogP contribution in [0.4, 0.5) is 16.3 Å². The van der Waals surface area contributed by atoms with Gasteiger partial charge in [0.2, 0.25) is 11.8 Å². The number of pyridine rings is 1. The van der Waals surface area contributed by atoms with Gasteiger partial charge in [0.1, 0.15) is 23.5 Å². The van der Waals surface area contributed by atoms with Gasteiger partial charge in [-0.15, -0.1) is 0 Å². The van der Waals surface area contributed by atoms with Crippen molar-refractivity contribution in [2.75, 3.05) is 23.7 Å². The van der Waals surface area contributed by atoms with Crippen molar-refractivity contribution in [3.63, 3.8) is 0 Å². The van der Waals surface area contributed by atoms with Crippen molar-refractivity contribution in [1.82, 2.24) is 14.8 Å². The molecule has 3 spiro atoms. The van der Waals surface area contributed by atoms with Crippen molar-refractivity contribution in [3.8, 4) is 0 Å². The number of hydrogen-bond acceptors (Lipinski definition) is 6. The zero-order valence-electron chi connectivity index (χ0n) is 28.0. The second-order valence-corrected chi connectivity index (χ2v) is 15.4. The normalized spacial score (nSPS) is 25.0. The molecule has 1 aromatic heterocycles. The first-order chi connectivity index (χ1) is 22.9. The molecule has 248 valence electrons. The van der Waals surface area contributed by atoms with Gasteiger partial charge in [0.05, 0.1) is 12.1 Å². The topological polar surface area (TPSA) is 104 Å². The van der Waals surface area contributed by atoms with Gasteiger partial charge in [-0.2, -0.15) is 0 Å². The van der Waals surface area contributed by atoms with Crippen LogP contribution in [-0.4, -0.2) is 56.9 Å².